The summed E-state index contributed by atoms with van der Waals surface area (Å²) in [7, 11) is 0. The van der Waals surface area contributed by atoms with Gasteiger partial charge in [0, 0.05) is 23.7 Å². The average molecular weight is 459 g/mol. The number of hydrogen-bond donors (Lipinski definition) is 1. The molecule has 0 radical (unpaired) electrons. The lowest BCUT2D eigenvalue weighted by atomic mass is 10.0. The summed E-state index contributed by atoms with van der Waals surface area (Å²) in [6, 6.07) is 11.7. The number of halogens is 3. The van der Waals surface area contributed by atoms with Gasteiger partial charge in [-0.3, -0.25) is 13.9 Å². The number of rotatable bonds is 8. The van der Waals surface area contributed by atoms with Crippen LogP contribution in [0.3, 0.4) is 0 Å². The molecular formula is C24H21ClF2N2O3. The van der Waals surface area contributed by atoms with Crippen LogP contribution in [0.1, 0.15) is 24.0 Å². The Hall–Kier alpha value is -3.45. The van der Waals surface area contributed by atoms with Crippen LogP contribution >= 0.6 is 11.6 Å². The molecule has 0 amide bonds. The summed E-state index contributed by atoms with van der Waals surface area (Å²) in [6.07, 6.45) is 0.381. The third kappa shape index (κ3) is 5.06. The van der Waals surface area contributed by atoms with Gasteiger partial charge in [-0.1, -0.05) is 49.0 Å². The second kappa shape index (κ2) is 9.78. The van der Waals surface area contributed by atoms with E-state index < -0.39 is 28.8 Å². The minimum Gasteiger partial charge on any atom is -0.494 e. The van der Waals surface area contributed by atoms with Crippen LogP contribution in [-0.4, -0.2) is 14.2 Å². The van der Waals surface area contributed by atoms with Gasteiger partial charge < -0.3 is 5.11 Å². The van der Waals surface area contributed by atoms with Crippen molar-refractivity contribution in [1.82, 2.24) is 9.13 Å². The highest BCUT2D eigenvalue weighted by Crippen LogP contribution is 2.22. The molecule has 0 fully saturated rings. The van der Waals surface area contributed by atoms with Crippen molar-refractivity contribution in [2.24, 2.45) is 0 Å². The smallest absolute Gasteiger partial charge is 0.333 e. The number of benzene rings is 2. The second-order valence-corrected chi connectivity index (χ2v) is 7.68. The summed E-state index contributed by atoms with van der Waals surface area (Å²) in [4.78, 5) is 25.1. The average Bonchev–Trinajstić information content (AvgIpc) is 2.75. The van der Waals surface area contributed by atoms with Crippen LogP contribution in [0, 0.1) is 11.6 Å². The van der Waals surface area contributed by atoms with Gasteiger partial charge in [0.1, 0.15) is 0 Å². The van der Waals surface area contributed by atoms with Gasteiger partial charge in [0.15, 0.2) is 11.6 Å². The first-order chi connectivity index (χ1) is 15.2. The van der Waals surface area contributed by atoms with Gasteiger partial charge in [0.2, 0.25) is 5.88 Å². The zero-order chi connectivity index (χ0) is 23.4. The fourth-order valence-electron chi connectivity index (χ4n) is 3.26. The number of aromatic hydroxyl groups is 1. The largest absolute Gasteiger partial charge is 0.494 e. The molecule has 2 aromatic carbocycles. The summed E-state index contributed by atoms with van der Waals surface area (Å²) in [5, 5.41) is 10.7. The normalized spacial score (nSPS) is 10.8. The van der Waals surface area contributed by atoms with E-state index in [9.17, 15) is 23.5 Å². The lowest BCUT2D eigenvalue weighted by molar-refractivity contribution is 0.390. The summed E-state index contributed by atoms with van der Waals surface area (Å²) >= 11 is 5.88. The number of hydrogen-bond acceptors (Lipinski definition) is 3. The lowest BCUT2D eigenvalue weighted by Gasteiger charge is -2.14. The molecule has 0 aliphatic rings. The van der Waals surface area contributed by atoms with Crippen LogP contribution in [0.5, 0.6) is 5.88 Å². The molecule has 0 atom stereocenters. The molecular weight excluding hydrogens is 438 g/mol. The maximum absolute atomic E-state index is 14.0. The van der Waals surface area contributed by atoms with E-state index in [1.807, 2.05) is 0 Å². The van der Waals surface area contributed by atoms with Gasteiger partial charge in [0.05, 0.1) is 6.07 Å². The predicted molar refractivity (Wildman–Crippen MR) is 122 cm³/mol. The molecule has 0 saturated carbocycles. The van der Waals surface area contributed by atoms with E-state index in [0.717, 1.165) is 32.4 Å². The molecule has 3 aromatic rings. The van der Waals surface area contributed by atoms with Gasteiger partial charge in [-0.2, -0.15) is 0 Å². The predicted octanol–water partition coefficient (Wildman–Crippen LogP) is 4.85. The van der Waals surface area contributed by atoms with Crippen molar-refractivity contribution in [1.29, 1.82) is 0 Å². The van der Waals surface area contributed by atoms with Crippen LogP contribution in [0.2, 0.25) is 5.02 Å². The molecule has 0 saturated heterocycles. The van der Waals surface area contributed by atoms with E-state index in [4.69, 9.17) is 11.6 Å². The van der Waals surface area contributed by atoms with Crippen LogP contribution in [0.4, 0.5) is 8.78 Å². The highest BCUT2D eigenvalue weighted by molar-refractivity contribution is 6.30. The lowest BCUT2D eigenvalue weighted by Crippen LogP contribution is -2.39. The summed E-state index contributed by atoms with van der Waals surface area (Å²) in [5.41, 5.74) is 0.365. The second-order valence-electron chi connectivity index (χ2n) is 7.24. The van der Waals surface area contributed by atoms with E-state index in [-0.39, 0.29) is 30.6 Å². The van der Waals surface area contributed by atoms with Crippen LogP contribution in [-0.2, 0) is 13.1 Å². The van der Waals surface area contributed by atoms with E-state index in [2.05, 4.69) is 13.2 Å². The maximum atomic E-state index is 14.0. The molecule has 166 valence electrons. The van der Waals surface area contributed by atoms with Gasteiger partial charge in [-0.05, 0) is 47.8 Å². The first kappa shape index (κ1) is 23.2. The van der Waals surface area contributed by atoms with Crippen molar-refractivity contribution in [3.05, 3.63) is 110 Å². The Morgan fingerprint density at radius 3 is 2.25 bits per heavy atom. The van der Waals surface area contributed by atoms with E-state index in [0.29, 0.717) is 11.4 Å². The fraction of sp³-hybridized carbons (Fsp3) is 0.167. The first-order valence-corrected chi connectivity index (χ1v) is 10.2. The number of aromatic nitrogens is 2. The Kier molecular flexibility index (Phi) is 7.10. The molecule has 0 spiro atoms. The highest BCUT2D eigenvalue weighted by atomic mass is 35.5. The summed E-state index contributed by atoms with van der Waals surface area (Å²) < 4.78 is 29.4. The first-order valence-electron chi connectivity index (χ1n) is 9.78. The molecule has 32 heavy (non-hydrogen) atoms. The van der Waals surface area contributed by atoms with Crippen LogP contribution < -0.4 is 11.2 Å². The third-order valence-corrected chi connectivity index (χ3v) is 5.37. The summed E-state index contributed by atoms with van der Waals surface area (Å²) in [5.74, 6) is -2.50. The number of allylic oxidation sites excluding steroid dienone is 2. The Labute approximate surface area is 188 Å². The molecule has 0 unspecified atom stereocenters. The topological polar surface area (TPSA) is 64.2 Å². The van der Waals surface area contributed by atoms with Crippen LogP contribution in [0.25, 0.3) is 11.1 Å². The molecule has 5 nitrogen and oxygen atoms in total. The maximum Gasteiger partial charge on any atom is 0.333 e. The van der Waals surface area contributed by atoms with Crippen LogP contribution in [0.15, 0.2) is 71.3 Å². The standard InChI is InChI=1S/C24H21ClF2N2O3/c1-15(17-6-8-18(25)9-7-17)10-12-28-21(30)14-22(31)29(24(28)32)13-11-16(2)19-4-3-5-20(26)23(19)27/h3-9,14,30H,1-2,10-13H2. The Bertz CT molecular complexity index is 1290. The van der Waals surface area contributed by atoms with Crippen molar-refractivity contribution < 1.29 is 13.9 Å². The van der Waals surface area contributed by atoms with Gasteiger partial charge >= 0.3 is 5.69 Å². The minimum absolute atomic E-state index is 0.0172. The van der Waals surface area contributed by atoms with E-state index in [1.54, 1.807) is 24.3 Å². The van der Waals surface area contributed by atoms with Crippen molar-refractivity contribution >= 4 is 22.7 Å². The molecule has 1 heterocycles. The van der Waals surface area contributed by atoms with Crippen molar-refractivity contribution in [3.63, 3.8) is 0 Å². The molecule has 1 aromatic heterocycles. The Balaban J connectivity index is 1.77. The SMILES string of the molecule is C=C(CCn1c(O)cc(=O)n(CCC(=C)c2cccc(F)c2F)c1=O)c1ccc(Cl)cc1. The quantitative estimate of drug-likeness (QED) is 0.524. The summed E-state index contributed by atoms with van der Waals surface area (Å²) in [6.45, 7) is 7.71. The highest BCUT2D eigenvalue weighted by Gasteiger charge is 2.14. The molecule has 3 rings (SSSR count). The Morgan fingerprint density at radius 1 is 0.938 bits per heavy atom. The number of nitrogens with zero attached hydrogens (tertiary/aromatic N) is 2. The zero-order valence-corrected chi connectivity index (χ0v) is 17.9. The minimum atomic E-state index is -1.03. The molecule has 8 heteroatoms. The molecule has 0 aliphatic heterocycles. The molecule has 1 N–H and O–H groups in total. The molecule has 0 aliphatic carbocycles. The van der Waals surface area contributed by atoms with Crippen molar-refractivity contribution in [2.75, 3.05) is 0 Å². The monoisotopic (exact) mass is 458 g/mol. The van der Waals surface area contributed by atoms with Gasteiger partial charge in [0.25, 0.3) is 5.56 Å². The fourth-order valence-corrected chi connectivity index (χ4v) is 3.38. The van der Waals surface area contributed by atoms with Crippen molar-refractivity contribution in [2.45, 2.75) is 25.9 Å². The van der Waals surface area contributed by atoms with Gasteiger partial charge in [-0.15, -0.1) is 0 Å². The zero-order valence-electron chi connectivity index (χ0n) is 17.2. The Morgan fingerprint density at radius 2 is 1.56 bits per heavy atom. The van der Waals surface area contributed by atoms with Crippen molar-refractivity contribution in [3.8, 4) is 5.88 Å². The molecule has 0 bridgehead atoms. The van der Waals surface area contributed by atoms with Gasteiger partial charge in [-0.25, -0.2) is 13.6 Å². The van der Waals surface area contributed by atoms with E-state index in [1.165, 1.54) is 12.1 Å². The van der Waals surface area contributed by atoms with E-state index >= 15 is 0 Å². The third-order valence-electron chi connectivity index (χ3n) is 5.12.